The third kappa shape index (κ3) is 4.42. The van der Waals surface area contributed by atoms with Crippen LogP contribution in [-0.4, -0.2) is 49.7 Å². The van der Waals surface area contributed by atoms with Crippen molar-refractivity contribution in [1.82, 2.24) is 9.78 Å². The van der Waals surface area contributed by atoms with Gasteiger partial charge in [-0.3, -0.25) is 14.9 Å². The first-order valence-corrected chi connectivity index (χ1v) is 8.61. The van der Waals surface area contributed by atoms with Gasteiger partial charge >= 0.3 is 0 Å². The number of hydrogen-bond acceptors (Lipinski definition) is 5. The Kier molecular flexibility index (Phi) is 7.17. The molecule has 2 rings (SSSR count). The number of methoxy groups -OCH3 is 3. The maximum absolute atomic E-state index is 13.0. The Morgan fingerprint density at radius 2 is 1.85 bits per heavy atom. The lowest BCUT2D eigenvalue weighted by molar-refractivity contribution is -0.0936. The van der Waals surface area contributed by atoms with Crippen molar-refractivity contribution in [2.75, 3.05) is 27.9 Å². The molecule has 0 amide bonds. The van der Waals surface area contributed by atoms with E-state index < -0.39 is 6.29 Å². The summed E-state index contributed by atoms with van der Waals surface area (Å²) >= 11 is 0. The summed E-state index contributed by atoms with van der Waals surface area (Å²) in [7, 11) is 4.74. The van der Waals surface area contributed by atoms with Crippen molar-refractivity contribution in [2.45, 2.75) is 33.0 Å². The number of aromatic nitrogens is 2. The minimum atomic E-state index is -0.428. The van der Waals surface area contributed by atoms with Gasteiger partial charge in [0.2, 0.25) is 0 Å². The van der Waals surface area contributed by atoms with E-state index in [1.165, 1.54) is 0 Å². The predicted octanol–water partition coefficient (Wildman–Crippen LogP) is 2.55. The molecule has 1 aromatic heterocycles. The highest BCUT2D eigenvalue weighted by Gasteiger charge is 2.17. The van der Waals surface area contributed by atoms with Crippen LogP contribution in [0.15, 0.2) is 34.1 Å². The first kappa shape index (κ1) is 19.9. The summed E-state index contributed by atoms with van der Waals surface area (Å²) in [5, 5.41) is 3.22. The first-order chi connectivity index (χ1) is 12.5. The van der Waals surface area contributed by atoms with E-state index in [0.717, 1.165) is 30.0 Å². The molecule has 7 heteroatoms. The summed E-state index contributed by atoms with van der Waals surface area (Å²) in [4.78, 5) is 17.5. The molecule has 0 spiro atoms. The van der Waals surface area contributed by atoms with E-state index in [9.17, 15) is 4.79 Å². The maximum Gasteiger partial charge on any atom is 0.280 e. The molecule has 0 radical (unpaired) electrons. The zero-order valence-electron chi connectivity index (χ0n) is 16.0. The number of aliphatic imine (C=N–C) groups is 1. The van der Waals surface area contributed by atoms with Gasteiger partial charge in [-0.15, -0.1) is 0 Å². The van der Waals surface area contributed by atoms with Crippen molar-refractivity contribution in [3.05, 3.63) is 45.9 Å². The van der Waals surface area contributed by atoms with E-state index in [2.05, 4.69) is 17.0 Å². The van der Waals surface area contributed by atoms with Crippen molar-refractivity contribution in [3.8, 4) is 11.4 Å². The molecule has 0 atom stereocenters. The minimum absolute atomic E-state index is 0.119. The van der Waals surface area contributed by atoms with Crippen molar-refractivity contribution < 1.29 is 14.2 Å². The van der Waals surface area contributed by atoms with Crippen LogP contribution in [0.5, 0.6) is 5.75 Å². The Morgan fingerprint density at radius 3 is 2.38 bits per heavy atom. The fourth-order valence-corrected chi connectivity index (χ4v) is 2.74. The molecule has 1 aromatic carbocycles. The maximum atomic E-state index is 13.0. The largest absolute Gasteiger partial charge is 0.497 e. The van der Waals surface area contributed by atoms with Gasteiger partial charge in [-0.2, -0.15) is 0 Å². The van der Waals surface area contributed by atoms with Crippen LogP contribution >= 0.6 is 0 Å². The molecule has 7 nitrogen and oxygen atoms in total. The monoisotopic (exact) mass is 361 g/mol. The zero-order valence-corrected chi connectivity index (χ0v) is 16.0. The fourth-order valence-electron chi connectivity index (χ4n) is 2.74. The van der Waals surface area contributed by atoms with Crippen LogP contribution in [0.4, 0.5) is 0 Å². The number of nitrogens with zero attached hydrogens (tertiary/aromatic N) is 2. The summed E-state index contributed by atoms with van der Waals surface area (Å²) in [6.07, 6.45) is 1.25. The number of H-pyrrole nitrogens is 1. The van der Waals surface area contributed by atoms with Crippen LogP contribution in [0, 0.1) is 0 Å². The topological polar surface area (TPSA) is 77.8 Å². The molecule has 0 unspecified atom stereocenters. The lowest BCUT2D eigenvalue weighted by Crippen LogP contribution is -2.22. The van der Waals surface area contributed by atoms with Gasteiger partial charge in [0.05, 0.1) is 24.9 Å². The number of aromatic amines is 1. The van der Waals surface area contributed by atoms with E-state index in [4.69, 9.17) is 14.2 Å². The first-order valence-electron chi connectivity index (χ1n) is 8.61. The van der Waals surface area contributed by atoms with Crippen LogP contribution in [0.1, 0.15) is 31.5 Å². The normalized spacial score (nSPS) is 12.0. The highest BCUT2D eigenvalue weighted by molar-refractivity contribution is 5.99. The highest BCUT2D eigenvalue weighted by atomic mass is 16.7. The van der Waals surface area contributed by atoms with Crippen molar-refractivity contribution in [2.24, 2.45) is 4.99 Å². The summed E-state index contributed by atoms with van der Waals surface area (Å²) in [5.74, 6) is 0.741. The molecular formula is C19H27N3O4. The Balaban J connectivity index is 2.43. The molecule has 0 saturated carbocycles. The molecule has 1 N–H and O–H groups in total. The standard InChI is InChI=1S/C19H27N3O4/c1-6-7-16-18(13(2)20-12-17(25-4)26-5)19(23)22(21-16)14-8-10-15(24-3)11-9-14/h8-11,17,21H,6-7,12H2,1-5H3. The zero-order chi connectivity index (χ0) is 19.1. The van der Waals surface area contributed by atoms with Gasteiger partial charge in [-0.05, 0) is 37.6 Å². The second-order valence-corrected chi connectivity index (χ2v) is 5.88. The van der Waals surface area contributed by atoms with Gasteiger partial charge in [0.15, 0.2) is 6.29 Å². The van der Waals surface area contributed by atoms with Crippen LogP contribution in [-0.2, 0) is 15.9 Å². The second-order valence-electron chi connectivity index (χ2n) is 5.88. The van der Waals surface area contributed by atoms with Crippen LogP contribution in [0.2, 0.25) is 0 Å². The molecule has 0 aliphatic carbocycles. The molecule has 0 saturated heterocycles. The third-order valence-corrected chi connectivity index (χ3v) is 4.16. The Bertz CT molecular complexity index is 786. The average molecular weight is 361 g/mol. The highest BCUT2D eigenvalue weighted by Crippen LogP contribution is 2.15. The van der Waals surface area contributed by atoms with Crippen LogP contribution < -0.4 is 10.3 Å². The van der Waals surface area contributed by atoms with E-state index in [1.807, 2.05) is 31.2 Å². The van der Waals surface area contributed by atoms with Gasteiger partial charge in [-0.25, -0.2) is 4.68 Å². The third-order valence-electron chi connectivity index (χ3n) is 4.16. The summed E-state index contributed by atoms with van der Waals surface area (Å²) in [6, 6.07) is 7.33. The van der Waals surface area contributed by atoms with E-state index in [-0.39, 0.29) is 5.56 Å². The van der Waals surface area contributed by atoms with Gasteiger partial charge in [0, 0.05) is 25.6 Å². The van der Waals surface area contributed by atoms with Gasteiger partial charge < -0.3 is 14.2 Å². The van der Waals surface area contributed by atoms with Crippen molar-refractivity contribution >= 4 is 5.71 Å². The van der Waals surface area contributed by atoms with Crippen molar-refractivity contribution in [1.29, 1.82) is 0 Å². The van der Waals surface area contributed by atoms with Gasteiger partial charge in [-0.1, -0.05) is 13.3 Å². The quantitative estimate of drug-likeness (QED) is 0.550. The summed E-state index contributed by atoms with van der Waals surface area (Å²) in [5.41, 5.74) is 2.78. The Morgan fingerprint density at radius 1 is 1.19 bits per heavy atom. The molecule has 1 heterocycles. The molecule has 142 valence electrons. The number of nitrogens with one attached hydrogen (secondary N) is 1. The predicted molar refractivity (Wildman–Crippen MR) is 102 cm³/mol. The summed E-state index contributed by atoms with van der Waals surface area (Å²) < 4.78 is 17.0. The second kappa shape index (κ2) is 9.35. The van der Waals surface area contributed by atoms with Gasteiger partial charge in [0.25, 0.3) is 5.56 Å². The number of hydrogen-bond donors (Lipinski definition) is 1. The fraction of sp³-hybridized carbons (Fsp3) is 0.474. The lowest BCUT2D eigenvalue weighted by atomic mass is 10.1. The smallest absolute Gasteiger partial charge is 0.280 e. The number of ether oxygens (including phenoxy) is 3. The molecule has 0 bridgehead atoms. The molecule has 0 aliphatic rings. The molecule has 0 fully saturated rings. The summed E-state index contributed by atoms with van der Waals surface area (Å²) in [6.45, 7) is 4.24. The molecular weight excluding hydrogens is 334 g/mol. The van der Waals surface area contributed by atoms with Gasteiger partial charge in [0.1, 0.15) is 5.75 Å². The average Bonchev–Trinajstić information content (AvgIpc) is 2.99. The molecule has 2 aromatic rings. The van der Waals surface area contributed by atoms with E-state index >= 15 is 0 Å². The van der Waals surface area contributed by atoms with E-state index in [0.29, 0.717) is 17.8 Å². The number of rotatable bonds is 9. The molecule has 0 aliphatic heterocycles. The molecule has 26 heavy (non-hydrogen) atoms. The van der Waals surface area contributed by atoms with Crippen LogP contribution in [0.3, 0.4) is 0 Å². The lowest BCUT2D eigenvalue weighted by Gasteiger charge is -2.10. The Labute approximate surface area is 153 Å². The van der Waals surface area contributed by atoms with Crippen LogP contribution in [0.25, 0.3) is 5.69 Å². The van der Waals surface area contributed by atoms with E-state index in [1.54, 1.807) is 26.0 Å². The van der Waals surface area contributed by atoms with Crippen molar-refractivity contribution in [3.63, 3.8) is 0 Å². The minimum Gasteiger partial charge on any atom is -0.497 e. The SMILES string of the molecule is CCCc1[nH]n(-c2ccc(OC)cc2)c(=O)c1C(C)=NCC(OC)OC. The Hall–Kier alpha value is -2.38. The number of benzene rings is 1. The number of aryl methyl sites for hydroxylation is 1.